The van der Waals surface area contributed by atoms with Crippen molar-refractivity contribution in [2.75, 3.05) is 23.7 Å². The number of hydrogen-bond acceptors (Lipinski definition) is 2. The SMILES string of the molecule is Cc1ccc(NCCNc2ccc(F)c(F)c2)cc1. The summed E-state index contributed by atoms with van der Waals surface area (Å²) >= 11 is 0. The molecule has 0 amide bonds. The van der Waals surface area contributed by atoms with Gasteiger partial charge < -0.3 is 10.6 Å². The lowest BCUT2D eigenvalue weighted by Gasteiger charge is -2.09. The highest BCUT2D eigenvalue weighted by Crippen LogP contribution is 2.13. The maximum atomic E-state index is 13.0. The minimum absolute atomic E-state index is 0.574. The predicted octanol–water partition coefficient (Wildman–Crippen LogP) is 3.80. The third-order valence-electron chi connectivity index (χ3n) is 2.75. The molecule has 4 heteroatoms. The lowest BCUT2D eigenvalue weighted by atomic mass is 10.2. The van der Waals surface area contributed by atoms with Gasteiger partial charge in [0.1, 0.15) is 0 Å². The second kappa shape index (κ2) is 6.18. The van der Waals surface area contributed by atoms with Gasteiger partial charge in [0.2, 0.25) is 0 Å². The minimum atomic E-state index is -0.837. The van der Waals surface area contributed by atoms with E-state index >= 15 is 0 Å². The molecular weight excluding hydrogens is 246 g/mol. The number of hydrogen-bond donors (Lipinski definition) is 2. The second-order valence-corrected chi connectivity index (χ2v) is 4.35. The molecule has 2 aromatic rings. The van der Waals surface area contributed by atoms with E-state index in [4.69, 9.17) is 0 Å². The predicted molar refractivity (Wildman–Crippen MR) is 74.5 cm³/mol. The largest absolute Gasteiger partial charge is 0.383 e. The Hall–Kier alpha value is -2.10. The first-order valence-electron chi connectivity index (χ1n) is 6.14. The molecule has 0 bridgehead atoms. The zero-order valence-electron chi connectivity index (χ0n) is 10.7. The van der Waals surface area contributed by atoms with Crippen molar-refractivity contribution in [3.63, 3.8) is 0 Å². The normalized spacial score (nSPS) is 10.3. The molecule has 0 spiro atoms. The van der Waals surface area contributed by atoms with Crippen LogP contribution >= 0.6 is 0 Å². The van der Waals surface area contributed by atoms with E-state index in [0.717, 1.165) is 17.8 Å². The first kappa shape index (κ1) is 13.3. The Morgan fingerprint density at radius 1 is 0.789 bits per heavy atom. The van der Waals surface area contributed by atoms with E-state index in [-0.39, 0.29) is 0 Å². The Kier molecular flexibility index (Phi) is 4.34. The standard InChI is InChI=1S/C15H16F2N2/c1-11-2-4-12(5-3-11)18-8-9-19-13-6-7-14(16)15(17)10-13/h2-7,10,18-19H,8-9H2,1H3. The topological polar surface area (TPSA) is 24.1 Å². The third-order valence-corrected chi connectivity index (χ3v) is 2.75. The molecule has 0 aromatic heterocycles. The molecule has 0 aliphatic carbocycles. The highest BCUT2D eigenvalue weighted by molar-refractivity contribution is 5.46. The Balaban J connectivity index is 1.77. The van der Waals surface area contributed by atoms with Crippen molar-refractivity contribution in [2.24, 2.45) is 0 Å². The summed E-state index contributed by atoms with van der Waals surface area (Å²) in [4.78, 5) is 0. The highest BCUT2D eigenvalue weighted by Gasteiger charge is 2.01. The lowest BCUT2D eigenvalue weighted by Crippen LogP contribution is -2.13. The van der Waals surface area contributed by atoms with Gasteiger partial charge in [0.15, 0.2) is 11.6 Å². The maximum Gasteiger partial charge on any atom is 0.160 e. The molecule has 100 valence electrons. The number of anilines is 2. The van der Waals surface area contributed by atoms with E-state index in [0.29, 0.717) is 18.8 Å². The lowest BCUT2D eigenvalue weighted by molar-refractivity contribution is 0.509. The summed E-state index contributed by atoms with van der Waals surface area (Å²) in [7, 11) is 0. The van der Waals surface area contributed by atoms with Crippen LogP contribution in [0.25, 0.3) is 0 Å². The Morgan fingerprint density at radius 2 is 1.37 bits per heavy atom. The van der Waals surface area contributed by atoms with Crippen LogP contribution in [0, 0.1) is 18.6 Å². The minimum Gasteiger partial charge on any atom is -0.383 e. The number of rotatable bonds is 5. The zero-order chi connectivity index (χ0) is 13.7. The van der Waals surface area contributed by atoms with E-state index < -0.39 is 11.6 Å². The van der Waals surface area contributed by atoms with Crippen LogP contribution in [0.4, 0.5) is 20.2 Å². The van der Waals surface area contributed by atoms with E-state index in [1.165, 1.54) is 11.6 Å². The van der Waals surface area contributed by atoms with Gasteiger partial charge in [0.25, 0.3) is 0 Å². The van der Waals surface area contributed by atoms with Gasteiger partial charge in [-0.25, -0.2) is 8.78 Å². The van der Waals surface area contributed by atoms with Crippen LogP contribution in [0.3, 0.4) is 0 Å². The van der Waals surface area contributed by atoms with Crippen LogP contribution in [0.5, 0.6) is 0 Å². The molecule has 0 aliphatic heterocycles. The first-order valence-corrected chi connectivity index (χ1v) is 6.14. The van der Waals surface area contributed by atoms with Crippen molar-refractivity contribution in [3.05, 3.63) is 59.7 Å². The van der Waals surface area contributed by atoms with E-state index in [1.54, 1.807) is 0 Å². The zero-order valence-corrected chi connectivity index (χ0v) is 10.7. The molecule has 0 saturated heterocycles. The van der Waals surface area contributed by atoms with Gasteiger partial charge in [-0.05, 0) is 37.3 Å². The molecule has 0 unspecified atom stereocenters. The number of halogens is 2. The summed E-state index contributed by atoms with van der Waals surface area (Å²) in [6, 6.07) is 11.9. The number of benzene rings is 2. The van der Waals surface area contributed by atoms with E-state index in [2.05, 4.69) is 10.6 Å². The van der Waals surface area contributed by atoms with Crippen LogP contribution in [0.2, 0.25) is 0 Å². The second-order valence-electron chi connectivity index (χ2n) is 4.35. The average Bonchev–Trinajstić information content (AvgIpc) is 2.41. The van der Waals surface area contributed by atoms with Crippen LogP contribution in [-0.4, -0.2) is 13.1 Å². The Labute approximate surface area is 111 Å². The fourth-order valence-corrected chi connectivity index (χ4v) is 1.69. The van der Waals surface area contributed by atoms with Crippen LogP contribution in [0.1, 0.15) is 5.56 Å². The van der Waals surface area contributed by atoms with Gasteiger partial charge in [0.05, 0.1) is 0 Å². The molecule has 2 N–H and O–H groups in total. The summed E-state index contributed by atoms with van der Waals surface area (Å²) in [6.45, 7) is 3.36. The number of nitrogens with one attached hydrogen (secondary N) is 2. The van der Waals surface area contributed by atoms with Crippen LogP contribution in [-0.2, 0) is 0 Å². The summed E-state index contributed by atoms with van der Waals surface area (Å²) in [5.41, 5.74) is 2.83. The van der Waals surface area contributed by atoms with Crippen molar-refractivity contribution in [2.45, 2.75) is 6.92 Å². The molecule has 19 heavy (non-hydrogen) atoms. The van der Waals surface area contributed by atoms with Crippen molar-refractivity contribution >= 4 is 11.4 Å². The first-order chi connectivity index (χ1) is 9.15. The third kappa shape index (κ3) is 3.95. The molecule has 0 heterocycles. The van der Waals surface area contributed by atoms with Crippen LogP contribution in [0.15, 0.2) is 42.5 Å². The molecule has 2 aromatic carbocycles. The van der Waals surface area contributed by atoms with Gasteiger partial charge in [0, 0.05) is 24.5 Å². The molecular formula is C15H16F2N2. The van der Waals surface area contributed by atoms with E-state index in [1.807, 2.05) is 31.2 Å². The fourth-order valence-electron chi connectivity index (χ4n) is 1.69. The van der Waals surface area contributed by atoms with Crippen molar-refractivity contribution in [1.82, 2.24) is 0 Å². The fraction of sp³-hybridized carbons (Fsp3) is 0.200. The van der Waals surface area contributed by atoms with Gasteiger partial charge in [-0.1, -0.05) is 17.7 Å². The summed E-state index contributed by atoms with van der Waals surface area (Å²) < 4.78 is 25.7. The Bertz CT molecular complexity index is 538. The Morgan fingerprint density at radius 3 is 2.00 bits per heavy atom. The molecule has 2 nitrogen and oxygen atoms in total. The maximum absolute atomic E-state index is 13.0. The number of aryl methyl sites for hydroxylation is 1. The quantitative estimate of drug-likeness (QED) is 0.801. The van der Waals surface area contributed by atoms with Crippen molar-refractivity contribution in [3.8, 4) is 0 Å². The molecule has 2 rings (SSSR count). The molecule has 0 radical (unpaired) electrons. The van der Waals surface area contributed by atoms with E-state index in [9.17, 15) is 8.78 Å². The average molecular weight is 262 g/mol. The summed E-state index contributed by atoms with van der Waals surface area (Å²) in [5.74, 6) is -1.67. The van der Waals surface area contributed by atoms with Gasteiger partial charge in [-0.3, -0.25) is 0 Å². The van der Waals surface area contributed by atoms with Crippen molar-refractivity contribution in [1.29, 1.82) is 0 Å². The van der Waals surface area contributed by atoms with Crippen molar-refractivity contribution < 1.29 is 8.78 Å². The van der Waals surface area contributed by atoms with Crippen LogP contribution < -0.4 is 10.6 Å². The monoisotopic (exact) mass is 262 g/mol. The van der Waals surface area contributed by atoms with Gasteiger partial charge in [-0.15, -0.1) is 0 Å². The molecule has 0 atom stereocenters. The van der Waals surface area contributed by atoms with Gasteiger partial charge in [-0.2, -0.15) is 0 Å². The highest BCUT2D eigenvalue weighted by atomic mass is 19.2. The molecule has 0 fully saturated rings. The summed E-state index contributed by atoms with van der Waals surface area (Å²) in [5, 5.41) is 6.26. The molecule has 0 aliphatic rings. The summed E-state index contributed by atoms with van der Waals surface area (Å²) in [6.07, 6.45) is 0. The smallest absolute Gasteiger partial charge is 0.160 e. The van der Waals surface area contributed by atoms with Gasteiger partial charge >= 0.3 is 0 Å². The molecule has 0 saturated carbocycles.